The van der Waals surface area contributed by atoms with Crippen molar-refractivity contribution in [3.05, 3.63) is 51.4 Å². The molecule has 19 heavy (non-hydrogen) atoms. The predicted octanol–water partition coefficient (Wildman–Crippen LogP) is 2.94. The van der Waals surface area contributed by atoms with Gasteiger partial charge in [-0.05, 0) is 17.7 Å². The van der Waals surface area contributed by atoms with Crippen LogP contribution in [0.5, 0.6) is 0 Å². The molecule has 1 aliphatic rings. The molecule has 2 aromatic rings. The average molecular weight is 294 g/mol. The van der Waals surface area contributed by atoms with E-state index in [0.29, 0.717) is 6.04 Å². The summed E-state index contributed by atoms with van der Waals surface area (Å²) in [7, 11) is 0. The zero-order valence-corrected chi connectivity index (χ0v) is 12.1. The third-order valence-corrected chi connectivity index (χ3v) is 4.43. The van der Waals surface area contributed by atoms with Crippen LogP contribution in [0.15, 0.2) is 36.0 Å². The Morgan fingerprint density at radius 3 is 3.21 bits per heavy atom. The van der Waals surface area contributed by atoms with Gasteiger partial charge in [-0.25, -0.2) is 0 Å². The molecule has 1 aromatic heterocycles. The molecular formula is C14H16ClN3S. The van der Waals surface area contributed by atoms with Crippen LogP contribution in [0.4, 0.5) is 0 Å². The molecule has 1 aromatic carbocycles. The molecule has 1 N–H and O–H groups in total. The van der Waals surface area contributed by atoms with Gasteiger partial charge in [-0.3, -0.25) is 9.88 Å². The highest BCUT2D eigenvalue weighted by Gasteiger charge is 2.24. The Morgan fingerprint density at radius 2 is 2.42 bits per heavy atom. The van der Waals surface area contributed by atoms with Crippen LogP contribution in [-0.4, -0.2) is 29.5 Å². The summed E-state index contributed by atoms with van der Waals surface area (Å²) in [5, 5.41) is 4.27. The molecule has 100 valence electrons. The first kappa shape index (κ1) is 13.1. The number of halogens is 1. The van der Waals surface area contributed by atoms with Gasteiger partial charge in [0.15, 0.2) is 0 Å². The molecular weight excluding hydrogens is 278 g/mol. The van der Waals surface area contributed by atoms with Crippen LogP contribution in [0.1, 0.15) is 16.5 Å². The fraction of sp³-hybridized carbons (Fsp3) is 0.357. The lowest BCUT2D eigenvalue weighted by Crippen LogP contribution is -2.45. The minimum absolute atomic E-state index is 0.384. The number of benzene rings is 1. The molecule has 1 saturated heterocycles. The lowest BCUT2D eigenvalue weighted by Gasteiger charge is -2.36. The highest BCUT2D eigenvalue weighted by atomic mass is 35.5. The monoisotopic (exact) mass is 293 g/mol. The quantitative estimate of drug-likeness (QED) is 0.943. The fourth-order valence-electron chi connectivity index (χ4n) is 2.50. The summed E-state index contributed by atoms with van der Waals surface area (Å²) in [6.45, 7) is 4.02. The van der Waals surface area contributed by atoms with Gasteiger partial charge in [0.1, 0.15) is 0 Å². The molecule has 0 radical (unpaired) electrons. The molecule has 0 amide bonds. The van der Waals surface area contributed by atoms with Crippen LogP contribution in [-0.2, 0) is 6.54 Å². The van der Waals surface area contributed by atoms with Gasteiger partial charge in [0, 0.05) is 48.3 Å². The van der Waals surface area contributed by atoms with E-state index in [9.17, 15) is 0 Å². The van der Waals surface area contributed by atoms with E-state index in [-0.39, 0.29) is 0 Å². The number of rotatable bonds is 3. The van der Waals surface area contributed by atoms with E-state index in [2.05, 4.69) is 27.3 Å². The summed E-state index contributed by atoms with van der Waals surface area (Å²) >= 11 is 7.83. The largest absolute Gasteiger partial charge is 0.314 e. The van der Waals surface area contributed by atoms with Gasteiger partial charge in [-0.1, -0.05) is 23.7 Å². The van der Waals surface area contributed by atoms with Crippen LogP contribution in [0, 0.1) is 0 Å². The zero-order valence-electron chi connectivity index (χ0n) is 10.6. The molecule has 1 unspecified atom stereocenters. The Bertz CT molecular complexity index is 529. The maximum atomic E-state index is 6.11. The van der Waals surface area contributed by atoms with Gasteiger partial charge in [0.25, 0.3) is 0 Å². The first-order valence-electron chi connectivity index (χ1n) is 6.40. The van der Waals surface area contributed by atoms with Crippen molar-refractivity contribution in [1.82, 2.24) is 15.2 Å². The Kier molecular flexibility index (Phi) is 4.13. The molecule has 0 saturated carbocycles. The lowest BCUT2D eigenvalue weighted by atomic mass is 10.0. The molecule has 3 nitrogen and oxygen atoms in total. The molecule has 0 bridgehead atoms. The van der Waals surface area contributed by atoms with Crippen molar-refractivity contribution in [2.75, 3.05) is 19.6 Å². The van der Waals surface area contributed by atoms with E-state index in [0.717, 1.165) is 31.2 Å². The van der Waals surface area contributed by atoms with Gasteiger partial charge in [0.2, 0.25) is 0 Å². The lowest BCUT2D eigenvalue weighted by molar-refractivity contribution is 0.155. The summed E-state index contributed by atoms with van der Waals surface area (Å²) in [6, 6.07) is 8.56. The van der Waals surface area contributed by atoms with Crippen LogP contribution in [0.2, 0.25) is 5.02 Å². The Labute approximate surface area is 122 Å². The fourth-order valence-corrected chi connectivity index (χ4v) is 3.32. The SMILES string of the molecule is Clc1cccc(C2CNCCN2Cc2cncs2)c1. The van der Waals surface area contributed by atoms with Crippen molar-refractivity contribution >= 4 is 22.9 Å². The number of nitrogens with one attached hydrogen (secondary N) is 1. The van der Waals surface area contributed by atoms with Gasteiger partial charge >= 0.3 is 0 Å². The molecule has 1 atom stereocenters. The number of thiazole rings is 1. The number of hydrogen-bond donors (Lipinski definition) is 1. The van der Waals surface area contributed by atoms with E-state index in [1.165, 1.54) is 10.4 Å². The predicted molar refractivity (Wildman–Crippen MR) is 79.6 cm³/mol. The molecule has 1 aliphatic heterocycles. The Balaban J connectivity index is 1.80. The first-order chi connectivity index (χ1) is 9.33. The summed E-state index contributed by atoms with van der Waals surface area (Å²) < 4.78 is 0. The highest BCUT2D eigenvalue weighted by Crippen LogP contribution is 2.26. The standard InChI is InChI=1S/C14H16ClN3S/c15-12-3-1-2-11(6-12)14-8-16-4-5-18(14)9-13-7-17-10-19-13/h1-3,6-7,10,14,16H,4-5,8-9H2. The Hall–Kier alpha value is -0.940. The highest BCUT2D eigenvalue weighted by molar-refractivity contribution is 7.09. The van der Waals surface area contributed by atoms with Crippen molar-refractivity contribution in [3.8, 4) is 0 Å². The van der Waals surface area contributed by atoms with Crippen molar-refractivity contribution in [2.45, 2.75) is 12.6 Å². The van der Waals surface area contributed by atoms with E-state index in [4.69, 9.17) is 11.6 Å². The normalized spacial score (nSPS) is 20.6. The second-order valence-corrected chi connectivity index (χ2v) is 6.12. The third-order valence-electron chi connectivity index (χ3n) is 3.43. The summed E-state index contributed by atoms with van der Waals surface area (Å²) in [5.74, 6) is 0. The third kappa shape index (κ3) is 3.15. The number of hydrogen-bond acceptors (Lipinski definition) is 4. The van der Waals surface area contributed by atoms with Crippen molar-refractivity contribution in [1.29, 1.82) is 0 Å². The molecule has 5 heteroatoms. The maximum Gasteiger partial charge on any atom is 0.0794 e. The Morgan fingerprint density at radius 1 is 1.47 bits per heavy atom. The van der Waals surface area contributed by atoms with E-state index < -0.39 is 0 Å². The number of aromatic nitrogens is 1. The van der Waals surface area contributed by atoms with Crippen molar-refractivity contribution in [3.63, 3.8) is 0 Å². The average Bonchev–Trinajstić information content (AvgIpc) is 2.92. The van der Waals surface area contributed by atoms with Gasteiger partial charge in [0.05, 0.1) is 5.51 Å². The van der Waals surface area contributed by atoms with Crippen LogP contribution in [0.3, 0.4) is 0 Å². The van der Waals surface area contributed by atoms with Crippen LogP contribution < -0.4 is 5.32 Å². The molecule has 0 aliphatic carbocycles. The molecule has 2 heterocycles. The number of piperazine rings is 1. The van der Waals surface area contributed by atoms with Crippen molar-refractivity contribution in [2.24, 2.45) is 0 Å². The molecule has 1 fully saturated rings. The van der Waals surface area contributed by atoms with E-state index in [1.807, 2.05) is 23.8 Å². The van der Waals surface area contributed by atoms with Gasteiger partial charge < -0.3 is 5.32 Å². The van der Waals surface area contributed by atoms with Crippen LogP contribution >= 0.6 is 22.9 Å². The first-order valence-corrected chi connectivity index (χ1v) is 7.66. The smallest absolute Gasteiger partial charge is 0.0794 e. The minimum atomic E-state index is 0.384. The minimum Gasteiger partial charge on any atom is -0.314 e. The molecule has 0 spiro atoms. The summed E-state index contributed by atoms with van der Waals surface area (Å²) in [6.07, 6.45) is 1.96. The van der Waals surface area contributed by atoms with Gasteiger partial charge in [-0.15, -0.1) is 11.3 Å². The summed E-state index contributed by atoms with van der Waals surface area (Å²) in [5.41, 5.74) is 3.18. The van der Waals surface area contributed by atoms with Gasteiger partial charge in [-0.2, -0.15) is 0 Å². The number of nitrogens with zero attached hydrogens (tertiary/aromatic N) is 2. The van der Waals surface area contributed by atoms with E-state index in [1.54, 1.807) is 11.3 Å². The zero-order chi connectivity index (χ0) is 13.1. The topological polar surface area (TPSA) is 28.2 Å². The van der Waals surface area contributed by atoms with Crippen LogP contribution in [0.25, 0.3) is 0 Å². The second-order valence-electron chi connectivity index (χ2n) is 4.71. The second kappa shape index (κ2) is 6.01. The molecule has 3 rings (SSSR count). The maximum absolute atomic E-state index is 6.11. The van der Waals surface area contributed by atoms with Crippen molar-refractivity contribution < 1.29 is 0 Å². The van der Waals surface area contributed by atoms with E-state index >= 15 is 0 Å². The summed E-state index contributed by atoms with van der Waals surface area (Å²) in [4.78, 5) is 7.96.